The Balaban J connectivity index is 1.42. The summed E-state index contributed by atoms with van der Waals surface area (Å²) in [5.41, 5.74) is 0.422. The first kappa shape index (κ1) is 13.7. The van der Waals surface area contributed by atoms with Crippen molar-refractivity contribution in [3.63, 3.8) is 0 Å². The molecule has 5 rings (SSSR count). The molecule has 22 heavy (non-hydrogen) atoms. The van der Waals surface area contributed by atoms with E-state index >= 15 is 0 Å². The average Bonchev–Trinajstić information content (AvgIpc) is 2.46. The Bertz CT molecular complexity index is 564. The van der Waals surface area contributed by atoms with E-state index in [2.05, 4.69) is 15.6 Å². The molecule has 116 valence electrons. The van der Waals surface area contributed by atoms with Gasteiger partial charge in [0.05, 0.1) is 11.9 Å². The Morgan fingerprint density at radius 3 is 2.23 bits per heavy atom. The van der Waals surface area contributed by atoms with Crippen LogP contribution in [-0.2, 0) is 9.59 Å². The number of amides is 2. The Hall–Kier alpha value is -1.91. The molecular weight excluding hydrogens is 278 g/mol. The maximum atomic E-state index is 12.3. The minimum Gasteiger partial charge on any atom is -0.342 e. The molecule has 0 saturated heterocycles. The number of carbonyl (C=O) groups is 2. The number of nitrogens with one attached hydrogen (secondary N) is 2. The van der Waals surface area contributed by atoms with Gasteiger partial charge in [0, 0.05) is 11.7 Å². The Labute approximate surface area is 129 Å². The number of nitrogens with zero attached hydrogens (tertiary/aromatic N) is 1. The highest BCUT2D eigenvalue weighted by Gasteiger charge is 2.51. The number of aromatic nitrogens is 1. The average molecular weight is 299 g/mol. The molecular formula is C17H21N3O2. The van der Waals surface area contributed by atoms with Crippen LogP contribution in [-0.4, -0.2) is 22.3 Å². The second-order valence-electron chi connectivity index (χ2n) is 7.35. The molecule has 1 heterocycles. The van der Waals surface area contributed by atoms with Crippen LogP contribution in [0.15, 0.2) is 24.5 Å². The number of hydrogen-bond acceptors (Lipinski definition) is 3. The summed E-state index contributed by atoms with van der Waals surface area (Å²) in [5, 5.41) is 5.68. The molecule has 0 unspecified atom stereocenters. The molecule has 5 nitrogen and oxygen atoms in total. The third-order valence-electron chi connectivity index (χ3n) is 5.54. The van der Waals surface area contributed by atoms with Crippen molar-refractivity contribution >= 4 is 17.5 Å². The topological polar surface area (TPSA) is 71.1 Å². The summed E-state index contributed by atoms with van der Waals surface area (Å²) in [5.74, 6) is 1.13. The van der Waals surface area contributed by atoms with E-state index in [0.717, 1.165) is 37.0 Å². The normalized spacial score (nSPS) is 35.2. The van der Waals surface area contributed by atoms with E-state index in [1.807, 2.05) is 0 Å². The molecule has 4 fully saturated rings. The zero-order valence-corrected chi connectivity index (χ0v) is 12.5. The Kier molecular flexibility index (Phi) is 3.17. The minimum absolute atomic E-state index is 0.127. The van der Waals surface area contributed by atoms with Crippen molar-refractivity contribution in [1.29, 1.82) is 0 Å². The smallest absolute Gasteiger partial charge is 0.313 e. The van der Waals surface area contributed by atoms with E-state index in [1.54, 1.807) is 18.3 Å². The SMILES string of the molecule is O=C(Nc1cccnc1)C(=O)NC12CC3CC(CC(C3)C1)C2. The molecule has 0 radical (unpaired) electrons. The lowest BCUT2D eigenvalue weighted by Crippen LogP contribution is -2.61. The quantitative estimate of drug-likeness (QED) is 0.822. The van der Waals surface area contributed by atoms with Gasteiger partial charge in [-0.05, 0) is 68.4 Å². The minimum atomic E-state index is -0.594. The summed E-state index contributed by atoms with van der Waals surface area (Å²) < 4.78 is 0. The fraction of sp³-hybridized carbons (Fsp3) is 0.588. The molecule has 2 N–H and O–H groups in total. The lowest BCUT2D eigenvalue weighted by molar-refractivity contribution is -0.139. The maximum Gasteiger partial charge on any atom is 0.313 e. The van der Waals surface area contributed by atoms with E-state index in [-0.39, 0.29) is 5.54 Å². The van der Waals surface area contributed by atoms with Gasteiger partial charge in [-0.2, -0.15) is 0 Å². The van der Waals surface area contributed by atoms with Crippen molar-refractivity contribution in [3.05, 3.63) is 24.5 Å². The molecule has 4 aliphatic rings. The molecule has 0 aromatic carbocycles. The van der Waals surface area contributed by atoms with E-state index < -0.39 is 11.8 Å². The van der Waals surface area contributed by atoms with Crippen LogP contribution in [0.1, 0.15) is 38.5 Å². The number of anilines is 1. The second-order valence-corrected chi connectivity index (χ2v) is 7.35. The highest BCUT2D eigenvalue weighted by Crippen LogP contribution is 2.55. The molecule has 4 saturated carbocycles. The number of carbonyl (C=O) groups excluding carboxylic acids is 2. The summed E-state index contributed by atoms with van der Waals surface area (Å²) in [6.45, 7) is 0. The van der Waals surface area contributed by atoms with E-state index in [0.29, 0.717) is 5.69 Å². The molecule has 2 amide bonds. The lowest BCUT2D eigenvalue weighted by Gasteiger charge is -2.56. The first-order chi connectivity index (χ1) is 10.6. The molecule has 4 aliphatic carbocycles. The Morgan fingerprint density at radius 1 is 1.05 bits per heavy atom. The van der Waals surface area contributed by atoms with Crippen molar-refractivity contribution in [1.82, 2.24) is 10.3 Å². The second kappa shape index (κ2) is 5.07. The summed E-state index contributed by atoms with van der Waals surface area (Å²) in [6, 6.07) is 3.45. The van der Waals surface area contributed by atoms with Gasteiger partial charge in [0.2, 0.25) is 0 Å². The Morgan fingerprint density at radius 2 is 1.68 bits per heavy atom. The van der Waals surface area contributed by atoms with Gasteiger partial charge >= 0.3 is 11.8 Å². The standard InChI is InChI=1S/C17H21N3O2/c21-15(19-14-2-1-3-18-10-14)16(22)20-17-7-11-4-12(8-17)6-13(5-11)9-17/h1-3,10-13H,4-9H2,(H,19,21)(H,20,22). The summed E-state index contributed by atoms with van der Waals surface area (Å²) in [6.07, 6.45) is 10.3. The van der Waals surface area contributed by atoms with Crippen molar-refractivity contribution < 1.29 is 9.59 Å². The largest absolute Gasteiger partial charge is 0.342 e. The van der Waals surface area contributed by atoms with Gasteiger partial charge < -0.3 is 10.6 Å². The number of rotatable bonds is 2. The van der Waals surface area contributed by atoms with Crippen molar-refractivity contribution in [2.45, 2.75) is 44.1 Å². The number of pyridine rings is 1. The van der Waals surface area contributed by atoms with Crippen LogP contribution in [0.2, 0.25) is 0 Å². The molecule has 0 spiro atoms. The highest BCUT2D eigenvalue weighted by molar-refractivity contribution is 6.39. The molecule has 5 heteroatoms. The van der Waals surface area contributed by atoms with Crippen LogP contribution in [0.5, 0.6) is 0 Å². The van der Waals surface area contributed by atoms with E-state index in [1.165, 1.54) is 25.5 Å². The fourth-order valence-electron chi connectivity index (χ4n) is 5.19. The first-order valence-corrected chi connectivity index (χ1v) is 8.15. The van der Waals surface area contributed by atoms with Gasteiger partial charge in [0.25, 0.3) is 0 Å². The summed E-state index contributed by atoms with van der Waals surface area (Å²) >= 11 is 0. The van der Waals surface area contributed by atoms with Gasteiger partial charge in [-0.3, -0.25) is 14.6 Å². The van der Waals surface area contributed by atoms with Crippen LogP contribution in [0.25, 0.3) is 0 Å². The van der Waals surface area contributed by atoms with Crippen molar-refractivity contribution in [2.24, 2.45) is 17.8 Å². The summed E-state index contributed by atoms with van der Waals surface area (Å²) in [4.78, 5) is 28.3. The van der Waals surface area contributed by atoms with Crippen LogP contribution in [0.3, 0.4) is 0 Å². The first-order valence-electron chi connectivity index (χ1n) is 8.15. The molecule has 1 aromatic heterocycles. The summed E-state index contributed by atoms with van der Waals surface area (Å²) in [7, 11) is 0. The fourth-order valence-corrected chi connectivity index (χ4v) is 5.19. The van der Waals surface area contributed by atoms with Crippen molar-refractivity contribution in [2.75, 3.05) is 5.32 Å². The lowest BCUT2D eigenvalue weighted by atomic mass is 9.53. The van der Waals surface area contributed by atoms with Gasteiger partial charge in [0.15, 0.2) is 0 Å². The zero-order chi connectivity index (χ0) is 15.2. The monoisotopic (exact) mass is 299 g/mol. The molecule has 1 aromatic rings. The van der Waals surface area contributed by atoms with Gasteiger partial charge in [-0.1, -0.05) is 0 Å². The van der Waals surface area contributed by atoms with E-state index in [4.69, 9.17) is 0 Å². The third kappa shape index (κ3) is 2.49. The molecule has 4 bridgehead atoms. The van der Waals surface area contributed by atoms with Gasteiger partial charge in [-0.15, -0.1) is 0 Å². The van der Waals surface area contributed by atoms with E-state index in [9.17, 15) is 9.59 Å². The van der Waals surface area contributed by atoms with Crippen LogP contribution >= 0.6 is 0 Å². The van der Waals surface area contributed by atoms with Crippen LogP contribution < -0.4 is 10.6 Å². The highest BCUT2D eigenvalue weighted by atomic mass is 16.2. The zero-order valence-electron chi connectivity index (χ0n) is 12.5. The van der Waals surface area contributed by atoms with Gasteiger partial charge in [-0.25, -0.2) is 0 Å². The molecule has 0 atom stereocenters. The van der Waals surface area contributed by atoms with Crippen molar-refractivity contribution in [3.8, 4) is 0 Å². The number of hydrogen-bond donors (Lipinski definition) is 2. The van der Waals surface area contributed by atoms with Crippen LogP contribution in [0.4, 0.5) is 5.69 Å². The molecule has 0 aliphatic heterocycles. The van der Waals surface area contributed by atoms with Crippen LogP contribution in [0, 0.1) is 17.8 Å². The predicted molar refractivity (Wildman–Crippen MR) is 81.9 cm³/mol. The third-order valence-corrected chi connectivity index (χ3v) is 5.54. The maximum absolute atomic E-state index is 12.3. The van der Waals surface area contributed by atoms with Gasteiger partial charge in [0.1, 0.15) is 0 Å². The predicted octanol–water partition coefficient (Wildman–Crippen LogP) is 2.11.